The van der Waals surface area contributed by atoms with E-state index in [-0.39, 0.29) is 16.6 Å². The summed E-state index contributed by atoms with van der Waals surface area (Å²) < 4.78 is 25.0. The third-order valence-corrected chi connectivity index (χ3v) is 5.54. The van der Waals surface area contributed by atoms with Gasteiger partial charge in [0.25, 0.3) is 5.69 Å². The van der Waals surface area contributed by atoms with E-state index in [9.17, 15) is 18.5 Å². The van der Waals surface area contributed by atoms with Crippen LogP contribution in [-0.2, 0) is 16.9 Å². The van der Waals surface area contributed by atoms with Crippen LogP contribution in [0.3, 0.4) is 0 Å². The van der Waals surface area contributed by atoms with Crippen molar-refractivity contribution in [3.05, 3.63) is 40.7 Å². The molecule has 0 amide bonds. The lowest BCUT2D eigenvalue weighted by Crippen LogP contribution is -2.42. The molecule has 1 saturated heterocycles. The summed E-state index contributed by atoms with van der Waals surface area (Å²) in [4.78, 5) is 12.9. The molecule has 140 valence electrons. The number of anilines is 2. The topological polar surface area (TPSA) is 110 Å². The van der Waals surface area contributed by atoms with Gasteiger partial charge in [0, 0.05) is 44.7 Å². The maximum atomic E-state index is 11.7. The normalized spacial score (nSPS) is 17.9. The van der Waals surface area contributed by atoms with Gasteiger partial charge in [0.05, 0.1) is 21.7 Å². The predicted octanol–water partition coefficient (Wildman–Crippen LogP) is 1.81. The lowest BCUT2D eigenvalue weighted by atomic mass is 10.0. The van der Waals surface area contributed by atoms with Gasteiger partial charge in [0.15, 0.2) is 9.84 Å². The van der Waals surface area contributed by atoms with Crippen LogP contribution in [0, 0.1) is 10.1 Å². The average molecular weight is 379 g/mol. The molecule has 10 heteroatoms. The fourth-order valence-electron chi connectivity index (χ4n) is 3.14. The fraction of sp³-hybridized carbons (Fsp3) is 0.438. The molecule has 0 aliphatic carbocycles. The van der Waals surface area contributed by atoms with Gasteiger partial charge < -0.3 is 10.2 Å². The summed E-state index contributed by atoms with van der Waals surface area (Å²) in [6.45, 7) is 1.59. The summed E-state index contributed by atoms with van der Waals surface area (Å²) in [6, 6.07) is 4.00. The van der Waals surface area contributed by atoms with Crippen LogP contribution in [0.5, 0.6) is 0 Å². The summed E-state index contributed by atoms with van der Waals surface area (Å²) in [6.07, 6.45) is 6.59. The molecule has 0 radical (unpaired) electrons. The second-order valence-corrected chi connectivity index (χ2v) is 8.53. The smallest absolute Gasteiger partial charge is 0.293 e. The van der Waals surface area contributed by atoms with Gasteiger partial charge in [-0.2, -0.15) is 5.10 Å². The number of nitro groups is 1. The number of aromatic nitrogens is 2. The van der Waals surface area contributed by atoms with E-state index in [1.54, 1.807) is 10.9 Å². The van der Waals surface area contributed by atoms with E-state index in [1.165, 1.54) is 12.1 Å². The molecule has 0 bridgehead atoms. The van der Waals surface area contributed by atoms with Gasteiger partial charge >= 0.3 is 0 Å². The highest BCUT2D eigenvalue weighted by Crippen LogP contribution is 2.30. The Balaban J connectivity index is 1.80. The van der Waals surface area contributed by atoms with Crippen molar-refractivity contribution in [1.82, 2.24) is 9.78 Å². The first kappa shape index (κ1) is 18.2. The first-order valence-electron chi connectivity index (χ1n) is 8.22. The standard InChI is InChI=1S/C16H21N5O4S/c1-19-11-13(9-17-19)20-7-3-4-12(10-20)18-15-6-5-14(26(2,24)25)8-16(15)21(22)23/h5-6,8-9,11-12,18H,3-4,7,10H2,1-2H3. The molecule has 2 aromatic rings. The van der Waals surface area contributed by atoms with Crippen molar-refractivity contribution < 1.29 is 13.3 Å². The quantitative estimate of drug-likeness (QED) is 0.623. The molecule has 9 nitrogen and oxygen atoms in total. The van der Waals surface area contributed by atoms with Crippen molar-refractivity contribution in [3.8, 4) is 0 Å². The van der Waals surface area contributed by atoms with E-state index in [0.717, 1.165) is 37.4 Å². The van der Waals surface area contributed by atoms with Crippen LogP contribution in [0.2, 0.25) is 0 Å². The maximum Gasteiger partial charge on any atom is 0.293 e. The summed E-state index contributed by atoms with van der Waals surface area (Å²) in [5.41, 5.74) is 1.12. The lowest BCUT2D eigenvalue weighted by molar-refractivity contribution is -0.384. The Morgan fingerprint density at radius 2 is 2.15 bits per heavy atom. The van der Waals surface area contributed by atoms with E-state index in [1.807, 2.05) is 13.2 Å². The van der Waals surface area contributed by atoms with Crippen molar-refractivity contribution >= 4 is 26.9 Å². The van der Waals surface area contributed by atoms with Crippen LogP contribution in [-0.4, -0.2) is 48.5 Å². The molecule has 2 heterocycles. The largest absolute Gasteiger partial charge is 0.375 e. The van der Waals surface area contributed by atoms with Crippen LogP contribution in [0.15, 0.2) is 35.5 Å². The van der Waals surface area contributed by atoms with Crippen molar-refractivity contribution in [2.75, 3.05) is 29.6 Å². The van der Waals surface area contributed by atoms with Crippen LogP contribution >= 0.6 is 0 Å². The number of aryl methyl sites for hydroxylation is 1. The SMILES string of the molecule is Cn1cc(N2CCCC(Nc3ccc(S(C)(=O)=O)cc3[N+](=O)[O-])C2)cn1. The molecular formula is C16H21N5O4S. The molecule has 1 aliphatic rings. The molecule has 1 aliphatic heterocycles. The number of nitrogens with one attached hydrogen (secondary N) is 1. The number of nitro benzene ring substituents is 1. The maximum absolute atomic E-state index is 11.7. The van der Waals surface area contributed by atoms with E-state index in [2.05, 4.69) is 15.3 Å². The summed E-state index contributed by atoms with van der Waals surface area (Å²) in [5.74, 6) is 0. The lowest BCUT2D eigenvalue weighted by Gasteiger charge is -2.34. The zero-order valence-corrected chi connectivity index (χ0v) is 15.4. The molecule has 1 unspecified atom stereocenters. The summed E-state index contributed by atoms with van der Waals surface area (Å²) in [7, 11) is -1.64. The van der Waals surface area contributed by atoms with E-state index in [4.69, 9.17) is 0 Å². The predicted molar refractivity (Wildman–Crippen MR) is 98.3 cm³/mol. The van der Waals surface area contributed by atoms with E-state index >= 15 is 0 Å². The summed E-state index contributed by atoms with van der Waals surface area (Å²) >= 11 is 0. The Kier molecular flexibility index (Phi) is 4.86. The van der Waals surface area contributed by atoms with Crippen molar-refractivity contribution in [2.24, 2.45) is 7.05 Å². The monoisotopic (exact) mass is 379 g/mol. The number of nitrogens with zero attached hydrogens (tertiary/aromatic N) is 4. The zero-order valence-electron chi connectivity index (χ0n) is 14.6. The highest BCUT2D eigenvalue weighted by Gasteiger charge is 2.25. The molecule has 1 fully saturated rings. The minimum atomic E-state index is -3.50. The van der Waals surface area contributed by atoms with Gasteiger partial charge in [-0.3, -0.25) is 14.8 Å². The van der Waals surface area contributed by atoms with Gasteiger partial charge in [0.2, 0.25) is 0 Å². The number of rotatable bonds is 5. The van der Waals surface area contributed by atoms with Crippen molar-refractivity contribution in [3.63, 3.8) is 0 Å². The molecular weight excluding hydrogens is 358 g/mol. The van der Waals surface area contributed by atoms with E-state index < -0.39 is 14.8 Å². The molecule has 1 N–H and O–H groups in total. The second kappa shape index (κ2) is 6.94. The molecule has 0 saturated carbocycles. The Bertz CT molecular complexity index is 924. The Morgan fingerprint density at radius 1 is 1.38 bits per heavy atom. The Labute approximate surface area is 151 Å². The number of piperidine rings is 1. The van der Waals surface area contributed by atoms with Gasteiger partial charge in [-0.15, -0.1) is 0 Å². The third kappa shape index (κ3) is 3.96. The minimum absolute atomic E-state index is 0.0201. The number of sulfone groups is 1. The highest BCUT2D eigenvalue weighted by atomic mass is 32.2. The molecule has 3 rings (SSSR count). The van der Waals surface area contributed by atoms with Gasteiger partial charge in [-0.25, -0.2) is 8.42 Å². The van der Waals surface area contributed by atoms with Crippen molar-refractivity contribution in [2.45, 2.75) is 23.8 Å². The average Bonchev–Trinajstić information content (AvgIpc) is 3.01. The molecule has 1 aromatic carbocycles. The second-order valence-electron chi connectivity index (χ2n) is 6.51. The molecule has 1 aromatic heterocycles. The summed E-state index contributed by atoms with van der Waals surface area (Å²) in [5, 5.41) is 18.8. The molecule has 26 heavy (non-hydrogen) atoms. The van der Waals surface area contributed by atoms with Crippen LogP contribution in [0.1, 0.15) is 12.8 Å². The van der Waals surface area contributed by atoms with E-state index in [0.29, 0.717) is 12.2 Å². The number of benzene rings is 1. The van der Waals surface area contributed by atoms with Crippen LogP contribution in [0.25, 0.3) is 0 Å². The molecule has 1 atom stereocenters. The fourth-order valence-corrected chi connectivity index (χ4v) is 3.78. The third-order valence-electron chi connectivity index (χ3n) is 4.43. The van der Waals surface area contributed by atoms with Crippen LogP contribution in [0.4, 0.5) is 17.1 Å². The number of hydrogen-bond donors (Lipinski definition) is 1. The Morgan fingerprint density at radius 3 is 2.77 bits per heavy atom. The zero-order chi connectivity index (χ0) is 18.9. The van der Waals surface area contributed by atoms with Gasteiger partial charge in [-0.1, -0.05) is 0 Å². The van der Waals surface area contributed by atoms with Gasteiger partial charge in [0.1, 0.15) is 5.69 Å². The van der Waals surface area contributed by atoms with Crippen molar-refractivity contribution in [1.29, 1.82) is 0 Å². The van der Waals surface area contributed by atoms with Gasteiger partial charge in [-0.05, 0) is 25.0 Å². The first-order chi connectivity index (χ1) is 12.2. The van der Waals surface area contributed by atoms with Crippen LogP contribution < -0.4 is 10.2 Å². The number of hydrogen-bond acceptors (Lipinski definition) is 7. The molecule has 0 spiro atoms. The Hall–Kier alpha value is -2.62. The first-order valence-corrected chi connectivity index (χ1v) is 10.1. The highest BCUT2D eigenvalue weighted by molar-refractivity contribution is 7.90. The minimum Gasteiger partial charge on any atom is -0.375 e.